The second-order valence-electron chi connectivity index (χ2n) is 4.03. The molecular weight excluding hydrogens is 188 g/mol. The molecule has 0 atom stereocenters. The van der Waals surface area contributed by atoms with Crippen LogP contribution in [-0.2, 0) is 11.2 Å². The van der Waals surface area contributed by atoms with E-state index < -0.39 is 0 Å². The summed E-state index contributed by atoms with van der Waals surface area (Å²) >= 11 is 0. The zero-order chi connectivity index (χ0) is 11.3. The minimum absolute atomic E-state index is 0.147. The lowest BCUT2D eigenvalue weighted by Crippen LogP contribution is -2.11. The van der Waals surface area contributed by atoms with Crippen molar-refractivity contribution in [3.05, 3.63) is 29.8 Å². The van der Waals surface area contributed by atoms with E-state index in [1.807, 2.05) is 38.1 Å². The van der Waals surface area contributed by atoms with Gasteiger partial charge in [0.25, 0.3) is 0 Å². The molecule has 0 heterocycles. The Balaban J connectivity index is 2.67. The molecule has 0 amide bonds. The van der Waals surface area contributed by atoms with Crippen molar-refractivity contribution >= 4 is 5.97 Å². The van der Waals surface area contributed by atoms with E-state index in [2.05, 4.69) is 6.92 Å². The lowest BCUT2D eigenvalue weighted by atomic mass is 10.1. The number of rotatable bonds is 4. The lowest BCUT2D eigenvalue weighted by molar-refractivity contribution is -0.135. The third kappa shape index (κ3) is 3.74. The van der Waals surface area contributed by atoms with E-state index in [9.17, 15) is 4.79 Å². The Labute approximate surface area is 91.3 Å². The van der Waals surface area contributed by atoms with Gasteiger partial charge in [-0.1, -0.05) is 39.0 Å². The second-order valence-corrected chi connectivity index (χ2v) is 4.03. The Morgan fingerprint density at radius 3 is 2.60 bits per heavy atom. The highest BCUT2D eigenvalue weighted by Gasteiger charge is 2.09. The maximum atomic E-state index is 11.5. The van der Waals surface area contributed by atoms with Crippen LogP contribution in [-0.4, -0.2) is 5.97 Å². The van der Waals surface area contributed by atoms with Crippen LogP contribution in [0.15, 0.2) is 24.3 Å². The summed E-state index contributed by atoms with van der Waals surface area (Å²) in [6, 6.07) is 7.67. The summed E-state index contributed by atoms with van der Waals surface area (Å²) < 4.78 is 5.31. The first-order chi connectivity index (χ1) is 7.13. The van der Waals surface area contributed by atoms with Crippen molar-refractivity contribution in [2.45, 2.75) is 33.6 Å². The van der Waals surface area contributed by atoms with Gasteiger partial charge in [0.15, 0.2) is 0 Å². The summed E-state index contributed by atoms with van der Waals surface area (Å²) in [5.74, 6) is 0.892. The molecule has 0 radical (unpaired) electrons. The first kappa shape index (κ1) is 11.8. The summed E-state index contributed by atoms with van der Waals surface area (Å²) in [6.45, 7) is 6.06. The molecular formula is C13H18O2. The van der Waals surface area contributed by atoms with Crippen molar-refractivity contribution in [1.29, 1.82) is 0 Å². The summed E-state index contributed by atoms with van der Waals surface area (Å²) in [7, 11) is 0. The Bertz CT molecular complexity index is 329. The van der Waals surface area contributed by atoms with Crippen LogP contribution in [0, 0.1) is 5.92 Å². The first-order valence-electron chi connectivity index (χ1n) is 5.42. The molecule has 15 heavy (non-hydrogen) atoms. The van der Waals surface area contributed by atoms with Gasteiger partial charge in [-0.15, -0.1) is 0 Å². The van der Waals surface area contributed by atoms with Crippen LogP contribution in [0.25, 0.3) is 0 Å². The van der Waals surface area contributed by atoms with Crippen LogP contribution in [0.4, 0.5) is 0 Å². The largest absolute Gasteiger partial charge is 0.426 e. The van der Waals surface area contributed by atoms with Crippen LogP contribution in [0.3, 0.4) is 0 Å². The molecule has 0 bridgehead atoms. The molecule has 2 heteroatoms. The number of esters is 1. The van der Waals surface area contributed by atoms with E-state index in [0.717, 1.165) is 12.0 Å². The van der Waals surface area contributed by atoms with Crippen molar-refractivity contribution in [2.75, 3.05) is 0 Å². The molecule has 0 aliphatic carbocycles. The molecule has 1 aromatic carbocycles. The van der Waals surface area contributed by atoms with Crippen molar-refractivity contribution < 1.29 is 9.53 Å². The molecule has 0 spiro atoms. The molecule has 0 N–H and O–H groups in total. The SMILES string of the molecule is CCc1ccccc1OC(=O)CC(C)C. The van der Waals surface area contributed by atoms with E-state index in [4.69, 9.17) is 4.74 Å². The zero-order valence-electron chi connectivity index (χ0n) is 9.62. The van der Waals surface area contributed by atoms with Gasteiger partial charge in [-0.25, -0.2) is 0 Å². The normalized spacial score (nSPS) is 10.4. The third-order valence-electron chi connectivity index (χ3n) is 2.15. The highest BCUT2D eigenvalue weighted by Crippen LogP contribution is 2.19. The highest BCUT2D eigenvalue weighted by atomic mass is 16.5. The van der Waals surface area contributed by atoms with E-state index in [1.54, 1.807) is 0 Å². The standard InChI is InChI=1S/C13H18O2/c1-4-11-7-5-6-8-12(11)15-13(14)9-10(2)3/h5-8,10H,4,9H2,1-3H3. The van der Waals surface area contributed by atoms with E-state index in [0.29, 0.717) is 18.1 Å². The van der Waals surface area contributed by atoms with Crippen molar-refractivity contribution in [3.63, 3.8) is 0 Å². The molecule has 0 saturated heterocycles. The summed E-state index contributed by atoms with van der Waals surface area (Å²) in [6.07, 6.45) is 1.35. The third-order valence-corrected chi connectivity index (χ3v) is 2.15. The number of hydrogen-bond donors (Lipinski definition) is 0. The molecule has 1 rings (SSSR count). The minimum atomic E-state index is -0.147. The maximum Gasteiger partial charge on any atom is 0.311 e. The molecule has 0 aliphatic rings. The monoisotopic (exact) mass is 206 g/mol. The fourth-order valence-electron chi connectivity index (χ4n) is 1.39. The second kappa shape index (κ2) is 5.54. The molecule has 0 saturated carbocycles. The predicted octanol–water partition coefficient (Wildman–Crippen LogP) is 3.20. The topological polar surface area (TPSA) is 26.3 Å². The predicted molar refractivity (Wildman–Crippen MR) is 60.9 cm³/mol. The molecule has 82 valence electrons. The van der Waals surface area contributed by atoms with E-state index >= 15 is 0 Å². The lowest BCUT2D eigenvalue weighted by Gasteiger charge is -2.09. The smallest absolute Gasteiger partial charge is 0.311 e. The van der Waals surface area contributed by atoms with Crippen LogP contribution in [0.5, 0.6) is 5.75 Å². The van der Waals surface area contributed by atoms with Crippen LogP contribution in [0.1, 0.15) is 32.8 Å². The number of carbonyl (C=O) groups excluding carboxylic acids is 1. The molecule has 0 fully saturated rings. The molecule has 2 nitrogen and oxygen atoms in total. The fourth-order valence-corrected chi connectivity index (χ4v) is 1.39. The van der Waals surface area contributed by atoms with Crippen LogP contribution >= 0.6 is 0 Å². The van der Waals surface area contributed by atoms with Gasteiger partial charge in [-0.3, -0.25) is 4.79 Å². The highest BCUT2D eigenvalue weighted by molar-refractivity contribution is 5.72. The van der Waals surface area contributed by atoms with E-state index in [1.165, 1.54) is 0 Å². The maximum absolute atomic E-state index is 11.5. The first-order valence-corrected chi connectivity index (χ1v) is 5.42. The Morgan fingerprint density at radius 2 is 2.00 bits per heavy atom. The number of para-hydroxylation sites is 1. The van der Waals surface area contributed by atoms with E-state index in [-0.39, 0.29) is 5.97 Å². The van der Waals surface area contributed by atoms with Gasteiger partial charge in [-0.05, 0) is 24.0 Å². The molecule has 0 unspecified atom stereocenters. The van der Waals surface area contributed by atoms with Gasteiger partial charge >= 0.3 is 5.97 Å². The number of carbonyl (C=O) groups is 1. The number of benzene rings is 1. The Kier molecular flexibility index (Phi) is 4.35. The average molecular weight is 206 g/mol. The van der Waals surface area contributed by atoms with Gasteiger partial charge < -0.3 is 4.74 Å². The Morgan fingerprint density at radius 1 is 1.33 bits per heavy atom. The average Bonchev–Trinajstić information content (AvgIpc) is 2.17. The number of aryl methyl sites for hydroxylation is 1. The summed E-state index contributed by atoms with van der Waals surface area (Å²) in [5.41, 5.74) is 1.08. The van der Waals surface area contributed by atoms with Gasteiger partial charge in [0, 0.05) is 6.42 Å². The fraction of sp³-hybridized carbons (Fsp3) is 0.462. The van der Waals surface area contributed by atoms with Gasteiger partial charge in [-0.2, -0.15) is 0 Å². The van der Waals surface area contributed by atoms with Gasteiger partial charge in [0.2, 0.25) is 0 Å². The van der Waals surface area contributed by atoms with Gasteiger partial charge in [0.1, 0.15) is 5.75 Å². The van der Waals surface area contributed by atoms with Crippen molar-refractivity contribution in [1.82, 2.24) is 0 Å². The Hall–Kier alpha value is -1.31. The minimum Gasteiger partial charge on any atom is -0.426 e. The van der Waals surface area contributed by atoms with Crippen molar-refractivity contribution in [3.8, 4) is 5.75 Å². The number of ether oxygens (including phenoxy) is 1. The molecule has 1 aromatic rings. The summed E-state index contributed by atoms with van der Waals surface area (Å²) in [4.78, 5) is 11.5. The molecule has 0 aromatic heterocycles. The molecule has 0 aliphatic heterocycles. The van der Waals surface area contributed by atoms with Crippen LogP contribution < -0.4 is 4.74 Å². The van der Waals surface area contributed by atoms with Gasteiger partial charge in [0.05, 0.1) is 0 Å². The van der Waals surface area contributed by atoms with Crippen LogP contribution in [0.2, 0.25) is 0 Å². The zero-order valence-corrected chi connectivity index (χ0v) is 9.62. The summed E-state index contributed by atoms with van der Waals surface area (Å²) in [5, 5.41) is 0. The van der Waals surface area contributed by atoms with Crippen molar-refractivity contribution in [2.24, 2.45) is 5.92 Å². The quantitative estimate of drug-likeness (QED) is 0.558. The number of hydrogen-bond acceptors (Lipinski definition) is 2.